The molecule has 0 saturated carbocycles. The van der Waals surface area contributed by atoms with Gasteiger partial charge in [0.15, 0.2) is 6.23 Å². The molecule has 0 aliphatic carbocycles. The molecule has 4 aromatic carbocycles. The summed E-state index contributed by atoms with van der Waals surface area (Å²) >= 11 is 0. The van der Waals surface area contributed by atoms with Gasteiger partial charge in [-0.25, -0.2) is 23.1 Å². The Kier molecular flexibility index (Phi) is 11.8. The molecule has 0 heterocycles. The fraction of sp³-hybridized carbons (Fsp3) is 0.229. The van der Waals surface area contributed by atoms with Gasteiger partial charge in [0.1, 0.15) is 11.6 Å². The second-order valence-corrected chi connectivity index (χ2v) is 12.2. The van der Waals surface area contributed by atoms with Gasteiger partial charge < -0.3 is 9.47 Å². The number of benzene rings is 4. The summed E-state index contributed by atoms with van der Waals surface area (Å²) in [6, 6.07) is 29.3. The van der Waals surface area contributed by atoms with Crippen LogP contribution in [0, 0.1) is 5.41 Å². The van der Waals surface area contributed by atoms with Crippen molar-refractivity contribution in [3.05, 3.63) is 120 Å². The first-order chi connectivity index (χ1) is 22.5. The van der Waals surface area contributed by atoms with Gasteiger partial charge in [-0.05, 0) is 61.0 Å². The second kappa shape index (κ2) is 16.0. The Bertz CT molecular complexity index is 1790. The highest BCUT2D eigenvalue weighted by Crippen LogP contribution is 2.28. The van der Waals surface area contributed by atoms with Crippen molar-refractivity contribution in [2.24, 2.45) is 5.14 Å². The highest BCUT2D eigenvalue weighted by molar-refractivity contribution is 7.89. The number of carbonyl (C=O) groups is 2. The molecule has 0 aromatic heterocycles. The standard InChI is InChI=1S/C35H39N5O6S/c1-4-39(5-2)25(3)45-34(41)38-33(36)29-15-11-14-27(22-29)24-40(23-26-12-7-6-8-13-26)35(42)46-30-20-18-28(19-21-30)31-16-9-10-17-32(31)47(37,43)44/h6-22,25H,4-5,23-24H2,1-3H3,(H2,36,38,41)(H2,37,43,44). The highest BCUT2D eigenvalue weighted by Gasteiger charge is 2.20. The van der Waals surface area contributed by atoms with Crippen LogP contribution in [0.2, 0.25) is 0 Å². The maximum Gasteiger partial charge on any atom is 0.415 e. The fourth-order valence-electron chi connectivity index (χ4n) is 5.03. The number of rotatable bonds is 12. The molecule has 47 heavy (non-hydrogen) atoms. The van der Waals surface area contributed by atoms with E-state index < -0.39 is 28.4 Å². The highest BCUT2D eigenvalue weighted by atomic mass is 32.2. The first kappa shape index (κ1) is 34.8. The Labute approximate surface area is 275 Å². The minimum absolute atomic E-state index is 0.00428. The SMILES string of the molecule is CCN(CC)C(C)OC(=O)NC(=N)c1cccc(CN(Cc2ccccc2)C(=O)Oc2ccc(-c3ccccc3S(N)(=O)=O)cc2)c1. The third kappa shape index (κ3) is 9.72. The number of amides is 2. The minimum atomic E-state index is -3.94. The van der Waals surface area contributed by atoms with Gasteiger partial charge in [0.2, 0.25) is 10.0 Å². The minimum Gasteiger partial charge on any atom is -0.430 e. The lowest BCUT2D eigenvalue weighted by molar-refractivity contribution is 0.00679. The molecule has 246 valence electrons. The van der Waals surface area contributed by atoms with E-state index in [9.17, 15) is 18.0 Å². The zero-order chi connectivity index (χ0) is 34.0. The van der Waals surface area contributed by atoms with Crippen molar-refractivity contribution >= 4 is 28.0 Å². The number of hydrogen-bond donors (Lipinski definition) is 3. The largest absolute Gasteiger partial charge is 0.430 e. The third-order valence-corrected chi connectivity index (χ3v) is 8.43. The normalized spacial score (nSPS) is 11.9. The van der Waals surface area contributed by atoms with Crippen LogP contribution in [0.15, 0.2) is 108 Å². The molecule has 0 radical (unpaired) electrons. The molecular formula is C35H39N5O6S. The van der Waals surface area contributed by atoms with Gasteiger partial charge in [0.25, 0.3) is 0 Å². The first-order valence-electron chi connectivity index (χ1n) is 15.1. The van der Waals surface area contributed by atoms with Crippen LogP contribution in [0.25, 0.3) is 11.1 Å². The van der Waals surface area contributed by atoms with Gasteiger partial charge in [-0.3, -0.25) is 20.5 Å². The van der Waals surface area contributed by atoms with Crippen molar-refractivity contribution in [1.29, 1.82) is 5.41 Å². The average molecular weight is 658 g/mol. The zero-order valence-corrected chi connectivity index (χ0v) is 27.4. The van der Waals surface area contributed by atoms with Crippen molar-refractivity contribution in [1.82, 2.24) is 15.1 Å². The maximum absolute atomic E-state index is 13.5. The average Bonchev–Trinajstić information content (AvgIpc) is 3.05. The summed E-state index contributed by atoms with van der Waals surface area (Å²) in [5, 5.41) is 16.3. The number of primary sulfonamides is 1. The van der Waals surface area contributed by atoms with Crippen LogP contribution < -0.4 is 15.2 Å². The summed E-state index contributed by atoms with van der Waals surface area (Å²) in [5.74, 6) is 0.131. The van der Waals surface area contributed by atoms with Gasteiger partial charge in [-0.1, -0.05) is 92.7 Å². The van der Waals surface area contributed by atoms with E-state index in [4.69, 9.17) is 20.0 Å². The predicted molar refractivity (Wildman–Crippen MR) is 180 cm³/mol. The number of ether oxygens (including phenoxy) is 2. The quantitative estimate of drug-likeness (QED) is 0.0967. The monoisotopic (exact) mass is 657 g/mol. The molecule has 0 bridgehead atoms. The number of amidine groups is 1. The molecule has 1 unspecified atom stereocenters. The Hall–Kier alpha value is -5.04. The number of hydrogen-bond acceptors (Lipinski definition) is 8. The number of nitrogens with one attached hydrogen (secondary N) is 2. The molecule has 4 aromatic rings. The first-order valence-corrected chi connectivity index (χ1v) is 16.7. The van der Waals surface area contributed by atoms with Crippen molar-refractivity contribution < 1.29 is 27.5 Å². The summed E-state index contributed by atoms with van der Waals surface area (Å²) in [5.41, 5.74) is 3.06. The Morgan fingerprint density at radius 3 is 2.13 bits per heavy atom. The molecular weight excluding hydrogens is 618 g/mol. The van der Waals surface area contributed by atoms with Crippen molar-refractivity contribution in [2.45, 2.75) is 45.0 Å². The van der Waals surface area contributed by atoms with Gasteiger partial charge >= 0.3 is 12.2 Å². The van der Waals surface area contributed by atoms with Gasteiger partial charge in [-0.15, -0.1) is 0 Å². The number of carbonyl (C=O) groups excluding carboxylic acids is 2. The molecule has 11 nitrogen and oxygen atoms in total. The van der Waals surface area contributed by atoms with E-state index in [1.165, 1.54) is 11.0 Å². The number of nitrogens with two attached hydrogens (primary N) is 1. The van der Waals surface area contributed by atoms with E-state index in [2.05, 4.69) is 5.32 Å². The lowest BCUT2D eigenvalue weighted by atomic mass is 10.1. The molecule has 0 spiro atoms. The Morgan fingerprint density at radius 1 is 0.851 bits per heavy atom. The molecule has 2 amide bonds. The van der Waals surface area contributed by atoms with Crippen LogP contribution in [0.1, 0.15) is 37.5 Å². The van der Waals surface area contributed by atoms with Crippen molar-refractivity contribution in [3.63, 3.8) is 0 Å². The molecule has 0 saturated heterocycles. The smallest absolute Gasteiger partial charge is 0.415 e. The van der Waals surface area contributed by atoms with E-state index in [-0.39, 0.29) is 29.6 Å². The van der Waals surface area contributed by atoms with Crippen LogP contribution in [-0.4, -0.2) is 55.6 Å². The maximum atomic E-state index is 13.5. The van der Waals surface area contributed by atoms with Crippen molar-refractivity contribution in [3.8, 4) is 16.9 Å². The lowest BCUT2D eigenvalue weighted by Gasteiger charge is -2.25. The van der Waals surface area contributed by atoms with Crippen LogP contribution in [0.3, 0.4) is 0 Å². The molecule has 0 fully saturated rings. The predicted octanol–water partition coefficient (Wildman–Crippen LogP) is 5.94. The van der Waals surface area contributed by atoms with Gasteiger partial charge in [-0.2, -0.15) is 0 Å². The molecule has 0 aliphatic rings. The van der Waals surface area contributed by atoms with E-state index in [1.807, 2.05) is 55.1 Å². The van der Waals surface area contributed by atoms with Gasteiger partial charge in [0, 0.05) is 24.2 Å². The second-order valence-electron chi connectivity index (χ2n) is 10.7. The van der Waals surface area contributed by atoms with Crippen LogP contribution >= 0.6 is 0 Å². The van der Waals surface area contributed by atoms with Crippen molar-refractivity contribution in [2.75, 3.05) is 13.1 Å². The summed E-state index contributed by atoms with van der Waals surface area (Å²) < 4.78 is 35.3. The summed E-state index contributed by atoms with van der Waals surface area (Å²) in [7, 11) is -3.94. The zero-order valence-electron chi connectivity index (χ0n) is 26.6. The summed E-state index contributed by atoms with van der Waals surface area (Å²) in [4.78, 5) is 29.5. The topological polar surface area (TPSA) is 155 Å². The summed E-state index contributed by atoms with van der Waals surface area (Å²) in [6.45, 7) is 7.55. The van der Waals surface area contributed by atoms with E-state index >= 15 is 0 Å². The Balaban J connectivity index is 1.49. The number of sulfonamides is 1. The molecule has 1 atom stereocenters. The lowest BCUT2D eigenvalue weighted by Crippen LogP contribution is -2.40. The molecule has 4 rings (SSSR count). The Morgan fingerprint density at radius 2 is 1.47 bits per heavy atom. The molecule has 12 heteroatoms. The van der Waals surface area contributed by atoms with Crippen LogP contribution in [0.5, 0.6) is 5.75 Å². The summed E-state index contributed by atoms with van der Waals surface area (Å²) in [6.07, 6.45) is -1.79. The van der Waals surface area contributed by atoms with Crippen LogP contribution in [0.4, 0.5) is 9.59 Å². The fourth-order valence-corrected chi connectivity index (χ4v) is 5.79. The molecule has 0 aliphatic heterocycles. The molecule has 4 N–H and O–H groups in total. The third-order valence-electron chi connectivity index (χ3n) is 7.46. The van der Waals surface area contributed by atoms with Gasteiger partial charge in [0.05, 0.1) is 4.90 Å². The van der Waals surface area contributed by atoms with E-state index in [1.54, 1.807) is 67.6 Å². The van der Waals surface area contributed by atoms with E-state index in [0.29, 0.717) is 35.3 Å². The number of nitrogens with zero attached hydrogens (tertiary/aromatic N) is 2. The van der Waals surface area contributed by atoms with Crippen LogP contribution in [-0.2, 0) is 27.8 Å². The number of alkyl carbamates (subject to hydrolysis) is 1. The van der Waals surface area contributed by atoms with E-state index in [0.717, 1.165) is 5.56 Å².